The molecule has 0 saturated carbocycles. The quantitative estimate of drug-likeness (QED) is 0.558. The molecule has 0 bridgehead atoms. The van der Waals surface area contributed by atoms with Crippen LogP contribution in [0.2, 0.25) is 0 Å². The van der Waals surface area contributed by atoms with Gasteiger partial charge in [-0.25, -0.2) is 9.67 Å². The van der Waals surface area contributed by atoms with E-state index >= 15 is 0 Å². The highest BCUT2D eigenvalue weighted by Crippen LogP contribution is 2.22. The first-order valence-corrected chi connectivity index (χ1v) is 9.00. The number of thiazole rings is 1. The number of rotatable bonds is 6. The lowest BCUT2D eigenvalue weighted by atomic mass is 10.1. The van der Waals surface area contributed by atoms with Crippen LogP contribution in [0.15, 0.2) is 79.3 Å². The van der Waals surface area contributed by atoms with Gasteiger partial charge in [0, 0.05) is 36.4 Å². The second kappa shape index (κ2) is 7.32. The standard InChI is InChI=1S/C20H18N4S/c1-2-6-16(7-3-1)14-21-20-22-15-19(25-20)13-17-8-4-9-18(12-17)24-11-5-10-23-24/h1-12,15H,13-14H2,(H,21,22). The molecular weight excluding hydrogens is 328 g/mol. The summed E-state index contributed by atoms with van der Waals surface area (Å²) in [7, 11) is 0. The van der Waals surface area contributed by atoms with Gasteiger partial charge in [-0.15, -0.1) is 11.3 Å². The molecule has 0 amide bonds. The van der Waals surface area contributed by atoms with Crippen molar-refractivity contribution in [1.29, 1.82) is 0 Å². The van der Waals surface area contributed by atoms with E-state index in [9.17, 15) is 0 Å². The van der Waals surface area contributed by atoms with Crippen molar-refractivity contribution in [2.75, 3.05) is 5.32 Å². The fourth-order valence-corrected chi connectivity index (χ4v) is 3.52. The van der Waals surface area contributed by atoms with Gasteiger partial charge in [-0.1, -0.05) is 42.5 Å². The van der Waals surface area contributed by atoms with E-state index in [0.717, 1.165) is 23.8 Å². The second-order valence-electron chi connectivity index (χ2n) is 5.77. The Balaban J connectivity index is 1.42. The molecule has 4 rings (SSSR count). The molecule has 2 heterocycles. The highest BCUT2D eigenvalue weighted by Gasteiger charge is 2.05. The molecule has 0 radical (unpaired) electrons. The van der Waals surface area contributed by atoms with Gasteiger partial charge in [0.15, 0.2) is 5.13 Å². The van der Waals surface area contributed by atoms with Gasteiger partial charge in [-0.2, -0.15) is 5.10 Å². The molecule has 4 aromatic rings. The van der Waals surface area contributed by atoms with Crippen molar-refractivity contribution in [2.24, 2.45) is 0 Å². The van der Waals surface area contributed by atoms with Gasteiger partial charge in [0.05, 0.1) is 5.69 Å². The van der Waals surface area contributed by atoms with Gasteiger partial charge in [0.25, 0.3) is 0 Å². The molecule has 124 valence electrons. The Morgan fingerprint density at radius 1 is 0.960 bits per heavy atom. The van der Waals surface area contributed by atoms with Crippen molar-refractivity contribution in [2.45, 2.75) is 13.0 Å². The largest absolute Gasteiger partial charge is 0.357 e. The third-order valence-electron chi connectivity index (χ3n) is 3.90. The van der Waals surface area contributed by atoms with Crippen molar-refractivity contribution in [3.63, 3.8) is 0 Å². The first-order chi connectivity index (χ1) is 12.4. The predicted molar refractivity (Wildman–Crippen MR) is 102 cm³/mol. The van der Waals surface area contributed by atoms with E-state index in [1.54, 1.807) is 17.5 Å². The van der Waals surface area contributed by atoms with Crippen LogP contribution >= 0.6 is 11.3 Å². The van der Waals surface area contributed by atoms with E-state index in [-0.39, 0.29) is 0 Å². The fraction of sp³-hybridized carbons (Fsp3) is 0.100. The lowest BCUT2D eigenvalue weighted by Crippen LogP contribution is -1.97. The average molecular weight is 346 g/mol. The van der Waals surface area contributed by atoms with Crippen molar-refractivity contribution < 1.29 is 0 Å². The molecule has 0 spiro atoms. The van der Waals surface area contributed by atoms with Crippen LogP contribution in [0.1, 0.15) is 16.0 Å². The van der Waals surface area contributed by atoms with E-state index in [0.29, 0.717) is 0 Å². The van der Waals surface area contributed by atoms with Gasteiger partial charge >= 0.3 is 0 Å². The summed E-state index contributed by atoms with van der Waals surface area (Å²) in [6.07, 6.45) is 6.58. The lowest BCUT2D eigenvalue weighted by molar-refractivity contribution is 0.878. The molecule has 0 fully saturated rings. The van der Waals surface area contributed by atoms with Gasteiger partial charge in [-0.05, 0) is 29.3 Å². The minimum atomic E-state index is 0.794. The molecule has 5 heteroatoms. The summed E-state index contributed by atoms with van der Waals surface area (Å²) >= 11 is 1.71. The maximum absolute atomic E-state index is 4.49. The normalized spacial score (nSPS) is 10.7. The Bertz CT molecular complexity index is 929. The Hall–Kier alpha value is -2.92. The highest BCUT2D eigenvalue weighted by molar-refractivity contribution is 7.15. The molecule has 0 aliphatic rings. The maximum Gasteiger partial charge on any atom is 0.183 e. The van der Waals surface area contributed by atoms with Crippen molar-refractivity contribution in [3.8, 4) is 5.69 Å². The molecule has 25 heavy (non-hydrogen) atoms. The van der Waals surface area contributed by atoms with E-state index in [2.05, 4.69) is 63.9 Å². The van der Waals surface area contributed by atoms with Crippen molar-refractivity contribution in [1.82, 2.24) is 14.8 Å². The predicted octanol–water partition coefficient (Wildman–Crippen LogP) is 4.53. The monoisotopic (exact) mass is 346 g/mol. The molecule has 0 aliphatic heterocycles. The maximum atomic E-state index is 4.49. The first kappa shape index (κ1) is 15.6. The topological polar surface area (TPSA) is 42.7 Å². The highest BCUT2D eigenvalue weighted by atomic mass is 32.1. The summed E-state index contributed by atoms with van der Waals surface area (Å²) in [5.74, 6) is 0. The summed E-state index contributed by atoms with van der Waals surface area (Å²) < 4.78 is 1.88. The molecule has 0 saturated heterocycles. The molecule has 0 atom stereocenters. The zero-order valence-corrected chi connectivity index (χ0v) is 14.5. The van der Waals surface area contributed by atoms with E-state index in [1.807, 2.05) is 29.2 Å². The summed E-state index contributed by atoms with van der Waals surface area (Å²) in [4.78, 5) is 5.73. The number of aromatic nitrogens is 3. The van der Waals surface area contributed by atoms with Gasteiger partial charge in [-0.3, -0.25) is 0 Å². The van der Waals surface area contributed by atoms with Crippen molar-refractivity contribution in [3.05, 3.63) is 95.3 Å². The third-order valence-corrected chi connectivity index (χ3v) is 4.85. The van der Waals surface area contributed by atoms with Gasteiger partial charge < -0.3 is 5.32 Å². The minimum Gasteiger partial charge on any atom is -0.357 e. The zero-order chi connectivity index (χ0) is 16.9. The molecular formula is C20H18N4S. The van der Waals surface area contributed by atoms with Crippen LogP contribution in [0, 0.1) is 0 Å². The molecule has 1 N–H and O–H groups in total. The van der Waals surface area contributed by atoms with Crippen LogP contribution in [-0.2, 0) is 13.0 Å². The summed E-state index contributed by atoms with van der Waals surface area (Å²) in [6, 6.07) is 20.7. The summed E-state index contributed by atoms with van der Waals surface area (Å²) in [6.45, 7) is 0.794. The Morgan fingerprint density at radius 2 is 1.84 bits per heavy atom. The lowest BCUT2D eigenvalue weighted by Gasteiger charge is -2.04. The molecule has 2 aromatic heterocycles. The number of hydrogen-bond donors (Lipinski definition) is 1. The van der Waals surface area contributed by atoms with Crippen LogP contribution in [0.4, 0.5) is 5.13 Å². The van der Waals surface area contributed by atoms with Gasteiger partial charge in [0.1, 0.15) is 0 Å². The Morgan fingerprint density at radius 3 is 2.68 bits per heavy atom. The third kappa shape index (κ3) is 3.95. The smallest absolute Gasteiger partial charge is 0.183 e. The van der Waals surface area contributed by atoms with E-state index < -0.39 is 0 Å². The van der Waals surface area contributed by atoms with Crippen LogP contribution in [0.5, 0.6) is 0 Å². The Kier molecular flexibility index (Phi) is 4.57. The summed E-state index contributed by atoms with van der Waals surface area (Å²) in [5, 5.41) is 8.64. The second-order valence-corrected chi connectivity index (χ2v) is 6.88. The van der Waals surface area contributed by atoms with Crippen LogP contribution in [0.3, 0.4) is 0 Å². The number of anilines is 1. The van der Waals surface area contributed by atoms with Crippen LogP contribution in [-0.4, -0.2) is 14.8 Å². The summed E-state index contributed by atoms with van der Waals surface area (Å²) in [5.41, 5.74) is 3.59. The number of nitrogens with zero attached hydrogens (tertiary/aromatic N) is 3. The van der Waals surface area contributed by atoms with E-state index in [1.165, 1.54) is 16.0 Å². The zero-order valence-electron chi connectivity index (χ0n) is 13.7. The van der Waals surface area contributed by atoms with Gasteiger partial charge in [0.2, 0.25) is 0 Å². The first-order valence-electron chi connectivity index (χ1n) is 8.18. The van der Waals surface area contributed by atoms with Crippen molar-refractivity contribution >= 4 is 16.5 Å². The molecule has 4 nitrogen and oxygen atoms in total. The SMILES string of the molecule is c1ccc(CNc2ncc(Cc3cccc(-n4cccn4)c3)s2)cc1. The van der Waals surface area contributed by atoms with E-state index in [4.69, 9.17) is 0 Å². The molecule has 0 aliphatic carbocycles. The average Bonchev–Trinajstić information content (AvgIpc) is 3.33. The van der Waals surface area contributed by atoms with Crippen LogP contribution in [0.25, 0.3) is 5.69 Å². The number of hydrogen-bond acceptors (Lipinski definition) is 4. The minimum absolute atomic E-state index is 0.794. The molecule has 2 aromatic carbocycles. The fourth-order valence-electron chi connectivity index (χ4n) is 2.68. The molecule has 0 unspecified atom stereocenters. The van der Waals surface area contributed by atoms with Crippen LogP contribution < -0.4 is 5.32 Å². The number of benzene rings is 2. The Labute approximate surface area is 150 Å². The number of nitrogens with one attached hydrogen (secondary N) is 1.